The third-order valence-corrected chi connectivity index (χ3v) is 2.29. The zero-order chi connectivity index (χ0) is 10.8. The Kier molecular flexibility index (Phi) is 2.54. The summed E-state index contributed by atoms with van der Waals surface area (Å²) in [5.41, 5.74) is -0.0184. The minimum atomic E-state index is -1.66. The van der Waals surface area contributed by atoms with Crippen LogP contribution in [0.25, 0.3) is 10.8 Å². The molecule has 0 aromatic heterocycles. The summed E-state index contributed by atoms with van der Waals surface area (Å²) in [7, 11) is 1.55. The Morgan fingerprint density at radius 2 is 1.93 bits per heavy atom. The summed E-state index contributed by atoms with van der Waals surface area (Å²) in [4.78, 5) is 0. The Labute approximate surface area is 86.3 Å². The number of fused-ring (bicyclic) bond motifs is 1. The molecule has 1 radical (unpaired) electrons. The maximum Gasteiger partial charge on any atom is 0.340 e. The van der Waals surface area contributed by atoms with Crippen LogP contribution < -0.4 is 4.74 Å². The van der Waals surface area contributed by atoms with Gasteiger partial charge in [-0.05, 0) is 22.9 Å². The number of hydrogen-bond donors (Lipinski definition) is 0. The van der Waals surface area contributed by atoms with Gasteiger partial charge < -0.3 is 4.74 Å². The number of halogens is 2. The Hall–Kier alpha value is -1.64. The quantitative estimate of drug-likeness (QED) is 0.730. The van der Waals surface area contributed by atoms with E-state index in [0.29, 0.717) is 11.1 Å². The Morgan fingerprint density at radius 3 is 2.60 bits per heavy atom. The van der Waals surface area contributed by atoms with E-state index < -0.39 is 6.43 Å². The van der Waals surface area contributed by atoms with Crippen LogP contribution in [0.1, 0.15) is 5.56 Å². The molecule has 0 bridgehead atoms. The summed E-state index contributed by atoms with van der Waals surface area (Å²) in [6.45, 7) is 0. The third-order valence-electron chi connectivity index (χ3n) is 2.29. The topological polar surface area (TPSA) is 9.23 Å². The molecular weight excluding hydrogens is 198 g/mol. The Balaban J connectivity index is 2.67. The molecule has 2 aromatic rings. The first-order chi connectivity index (χ1) is 7.22. The van der Waals surface area contributed by atoms with Crippen LogP contribution >= 0.6 is 0 Å². The second-order valence-corrected chi connectivity index (χ2v) is 3.15. The highest BCUT2D eigenvalue weighted by atomic mass is 19.3. The van der Waals surface area contributed by atoms with Crippen LogP contribution in [0.3, 0.4) is 0 Å². The summed E-state index contributed by atoms with van der Waals surface area (Å²) in [6.07, 6.45) is -1.66. The summed E-state index contributed by atoms with van der Waals surface area (Å²) < 4.78 is 30.2. The molecule has 15 heavy (non-hydrogen) atoms. The van der Waals surface area contributed by atoms with Gasteiger partial charge in [-0.25, -0.2) is 0 Å². The van der Waals surface area contributed by atoms with E-state index in [1.165, 1.54) is 6.07 Å². The van der Waals surface area contributed by atoms with Gasteiger partial charge in [-0.1, -0.05) is 24.3 Å². The molecule has 0 aliphatic heterocycles. The van der Waals surface area contributed by atoms with Crippen LogP contribution in [0.5, 0.6) is 5.75 Å². The molecule has 2 aromatic carbocycles. The lowest BCUT2D eigenvalue weighted by atomic mass is 10.0. The molecule has 2 rings (SSSR count). The normalized spacial score (nSPS) is 10.9. The zero-order valence-electron chi connectivity index (χ0n) is 8.13. The van der Waals surface area contributed by atoms with E-state index in [1.807, 2.05) is 0 Å². The summed E-state index contributed by atoms with van der Waals surface area (Å²) in [6, 6.07) is 9.85. The van der Waals surface area contributed by atoms with Crippen LogP contribution in [0, 0.1) is 6.43 Å². The van der Waals surface area contributed by atoms with Crippen molar-refractivity contribution in [2.24, 2.45) is 0 Å². The van der Waals surface area contributed by atoms with Crippen molar-refractivity contribution in [3.63, 3.8) is 0 Å². The van der Waals surface area contributed by atoms with Crippen molar-refractivity contribution in [2.75, 3.05) is 7.11 Å². The van der Waals surface area contributed by atoms with Crippen molar-refractivity contribution < 1.29 is 13.5 Å². The molecule has 1 nitrogen and oxygen atoms in total. The molecule has 0 unspecified atom stereocenters. The van der Waals surface area contributed by atoms with Gasteiger partial charge in [0.1, 0.15) is 5.75 Å². The van der Waals surface area contributed by atoms with Gasteiger partial charge in [-0.3, -0.25) is 0 Å². The summed E-state index contributed by atoms with van der Waals surface area (Å²) >= 11 is 0. The summed E-state index contributed by atoms with van der Waals surface area (Å²) in [5.74, 6) is 0.666. The molecule has 0 saturated heterocycles. The van der Waals surface area contributed by atoms with E-state index in [4.69, 9.17) is 4.74 Å². The fourth-order valence-corrected chi connectivity index (χ4v) is 1.55. The molecular formula is C12H9F2O. The summed E-state index contributed by atoms with van der Waals surface area (Å²) in [5, 5.41) is 1.29. The Bertz CT molecular complexity index is 480. The minimum Gasteiger partial charge on any atom is -0.497 e. The van der Waals surface area contributed by atoms with Gasteiger partial charge in [0, 0.05) is 5.56 Å². The van der Waals surface area contributed by atoms with Crippen molar-refractivity contribution in [3.05, 3.63) is 48.4 Å². The van der Waals surface area contributed by atoms with Gasteiger partial charge in [0.05, 0.1) is 7.11 Å². The maximum atomic E-state index is 12.6. The van der Waals surface area contributed by atoms with Crippen molar-refractivity contribution in [2.45, 2.75) is 0 Å². The lowest BCUT2D eigenvalue weighted by molar-refractivity contribution is 0.326. The van der Waals surface area contributed by atoms with Gasteiger partial charge in [0.15, 0.2) is 0 Å². The highest BCUT2D eigenvalue weighted by Crippen LogP contribution is 2.29. The second kappa shape index (κ2) is 3.85. The first-order valence-corrected chi connectivity index (χ1v) is 4.47. The predicted octanol–water partition coefficient (Wildman–Crippen LogP) is 3.62. The molecule has 0 fully saturated rings. The average molecular weight is 207 g/mol. The second-order valence-electron chi connectivity index (χ2n) is 3.15. The maximum absolute atomic E-state index is 12.6. The van der Waals surface area contributed by atoms with Crippen LogP contribution in [0.15, 0.2) is 36.4 Å². The molecule has 0 aliphatic carbocycles. The number of ether oxygens (including phenoxy) is 1. The van der Waals surface area contributed by atoms with Crippen molar-refractivity contribution >= 4 is 10.8 Å². The van der Waals surface area contributed by atoms with E-state index in [0.717, 1.165) is 5.39 Å². The Morgan fingerprint density at radius 1 is 1.13 bits per heavy atom. The van der Waals surface area contributed by atoms with E-state index in [1.54, 1.807) is 37.4 Å². The van der Waals surface area contributed by atoms with E-state index in [2.05, 4.69) is 0 Å². The highest BCUT2D eigenvalue weighted by molar-refractivity contribution is 5.88. The molecule has 0 aliphatic rings. The van der Waals surface area contributed by atoms with Crippen LogP contribution in [0.4, 0.5) is 8.78 Å². The van der Waals surface area contributed by atoms with Crippen LogP contribution in [-0.4, -0.2) is 7.11 Å². The third kappa shape index (κ3) is 1.77. The molecule has 0 atom stereocenters. The smallest absolute Gasteiger partial charge is 0.340 e. The number of rotatable bonds is 2. The molecule has 0 heterocycles. The SMILES string of the molecule is COc1ccc2c([C](F)F)cccc2c1. The molecule has 0 saturated carbocycles. The number of benzene rings is 2. The number of methoxy groups -OCH3 is 1. The minimum absolute atomic E-state index is 0.0184. The fourth-order valence-electron chi connectivity index (χ4n) is 1.55. The van der Waals surface area contributed by atoms with Crippen molar-refractivity contribution in [3.8, 4) is 5.75 Å². The van der Waals surface area contributed by atoms with Gasteiger partial charge in [-0.15, -0.1) is 0 Å². The van der Waals surface area contributed by atoms with Gasteiger partial charge in [0.2, 0.25) is 0 Å². The largest absolute Gasteiger partial charge is 0.497 e. The zero-order valence-corrected chi connectivity index (χ0v) is 8.13. The monoisotopic (exact) mass is 207 g/mol. The average Bonchev–Trinajstić information content (AvgIpc) is 2.27. The van der Waals surface area contributed by atoms with Gasteiger partial charge in [0.25, 0.3) is 0 Å². The predicted molar refractivity (Wildman–Crippen MR) is 55.1 cm³/mol. The lowest BCUT2D eigenvalue weighted by Crippen LogP contribution is -1.88. The van der Waals surface area contributed by atoms with Gasteiger partial charge >= 0.3 is 6.43 Å². The lowest BCUT2D eigenvalue weighted by Gasteiger charge is -2.06. The molecule has 0 spiro atoms. The highest BCUT2D eigenvalue weighted by Gasteiger charge is 2.13. The van der Waals surface area contributed by atoms with Crippen molar-refractivity contribution in [1.29, 1.82) is 0 Å². The molecule has 3 heteroatoms. The standard InChI is InChI=1S/C12H9F2O/c1-15-9-5-6-10-8(7-9)3-2-4-11(10)12(13)14/h2-7H,1H3. The van der Waals surface area contributed by atoms with E-state index in [-0.39, 0.29) is 5.56 Å². The van der Waals surface area contributed by atoms with Crippen LogP contribution in [-0.2, 0) is 0 Å². The molecule has 0 amide bonds. The van der Waals surface area contributed by atoms with Crippen molar-refractivity contribution in [1.82, 2.24) is 0 Å². The van der Waals surface area contributed by atoms with Crippen LogP contribution in [0.2, 0.25) is 0 Å². The fraction of sp³-hybridized carbons (Fsp3) is 0.0833. The van der Waals surface area contributed by atoms with E-state index in [9.17, 15) is 8.78 Å². The molecule has 0 N–H and O–H groups in total. The van der Waals surface area contributed by atoms with E-state index >= 15 is 0 Å². The first-order valence-electron chi connectivity index (χ1n) is 4.47. The number of hydrogen-bond acceptors (Lipinski definition) is 1. The first kappa shape index (κ1) is 9.90. The molecule has 77 valence electrons. The van der Waals surface area contributed by atoms with Gasteiger partial charge in [-0.2, -0.15) is 8.78 Å².